The first kappa shape index (κ1) is 7.77. The normalized spacial score (nSPS) is 20.6. The molecular formula is C9H16O. The molecule has 0 aromatic carbocycles. The summed E-state index contributed by atoms with van der Waals surface area (Å²) in [7, 11) is 0. The molecule has 1 fully saturated rings. The lowest BCUT2D eigenvalue weighted by atomic mass is 9.98. The minimum absolute atomic E-state index is 0.331. The van der Waals surface area contributed by atoms with Crippen LogP contribution in [0.1, 0.15) is 39.5 Å². The minimum atomic E-state index is 0.331. The topological polar surface area (TPSA) is 17.1 Å². The van der Waals surface area contributed by atoms with Gasteiger partial charge in [-0.1, -0.05) is 26.7 Å². The Kier molecular flexibility index (Phi) is 2.47. The average molecular weight is 140 g/mol. The predicted octanol–water partition coefficient (Wildman–Crippen LogP) is 2.40. The zero-order chi connectivity index (χ0) is 7.56. The zero-order valence-electron chi connectivity index (χ0n) is 6.89. The Morgan fingerprint density at radius 3 is 2.60 bits per heavy atom. The van der Waals surface area contributed by atoms with Gasteiger partial charge in [-0.2, -0.15) is 0 Å². The van der Waals surface area contributed by atoms with Crippen LogP contribution in [-0.4, -0.2) is 5.78 Å². The van der Waals surface area contributed by atoms with Gasteiger partial charge in [-0.3, -0.25) is 4.79 Å². The van der Waals surface area contributed by atoms with Gasteiger partial charge < -0.3 is 0 Å². The summed E-state index contributed by atoms with van der Waals surface area (Å²) in [5.74, 6) is 1.66. The van der Waals surface area contributed by atoms with E-state index in [1.807, 2.05) is 6.92 Å². The summed E-state index contributed by atoms with van der Waals surface area (Å²) < 4.78 is 0. The zero-order valence-corrected chi connectivity index (χ0v) is 6.89. The average Bonchev–Trinajstić information content (AvgIpc) is 2.70. The van der Waals surface area contributed by atoms with E-state index in [-0.39, 0.29) is 0 Å². The van der Waals surface area contributed by atoms with E-state index in [9.17, 15) is 4.79 Å². The summed E-state index contributed by atoms with van der Waals surface area (Å²) in [4.78, 5) is 11.1. The van der Waals surface area contributed by atoms with Crippen LogP contribution in [0.5, 0.6) is 0 Å². The van der Waals surface area contributed by atoms with Crippen molar-refractivity contribution >= 4 is 5.78 Å². The van der Waals surface area contributed by atoms with Gasteiger partial charge in [-0.25, -0.2) is 0 Å². The van der Waals surface area contributed by atoms with Gasteiger partial charge in [0.2, 0.25) is 0 Å². The van der Waals surface area contributed by atoms with E-state index in [4.69, 9.17) is 0 Å². The monoisotopic (exact) mass is 140 g/mol. The summed E-state index contributed by atoms with van der Waals surface area (Å²) in [6.07, 6.45) is 4.59. The molecule has 1 saturated carbocycles. The summed E-state index contributed by atoms with van der Waals surface area (Å²) in [5, 5.41) is 0. The Labute approximate surface area is 62.8 Å². The van der Waals surface area contributed by atoms with Gasteiger partial charge in [0, 0.05) is 12.3 Å². The van der Waals surface area contributed by atoms with Crippen molar-refractivity contribution in [3.63, 3.8) is 0 Å². The van der Waals surface area contributed by atoms with E-state index in [0.29, 0.717) is 18.1 Å². The minimum Gasteiger partial charge on any atom is -0.299 e. The van der Waals surface area contributed by atoms with Crippen molar-refractivity contribution in [3.05, 3.63) is 0 Å². The molecule has 1 heteroatoms. The Morgan fingerprint density at radius 2 is 2.20 bits per heavy atom. The van der Waals surface area contributed by atoms with Crippen LogP contribution in [0.4, 0.5) is 0 Å². The molecule has 10 heavy (non-hydrogen) atoms. The molecule has 0 heterocycles. The molecule has 0 spiro atoms. The molecule has 1 atom stereocenters. The number of rotatable bonds is 4. The smallest absolute Gasteiger partial charge is 0.135 e. The van der Waals surface area contributed by atoms with E-state index in [0.717, 1.165) is 12.3 Å². The molecule has 58 valence electrons. The molecule has 0 radical (unpaired) electrons. The van der Waals surface area contributed by atoms with E-state index in [1.54, 1.807) is 0 Å². The van der Waals surface area contributed by atoms with E-state index in [2.05, 4.69) is 6.92 Å². The van der Waals surface area contributed by atoms with Crippen molar-refractivity contribution in [2.45, 2.75) is 39.5 Å². The van der Waals surface area contributed by atoms with Crippen LogP contribution in [-0.2, 0) is 4.79 Å². The fourth-order valence-electron chi connectivity index (χ4n) is 1.33. The van der Waals surface area contributed by atoms with E-state index >= 15 is 0 Å². The van der Waals surface area contributed by atoms with Crippen LogP contribution >= 0.6 is 0 Å². The third-order valence-corrected chi connectivity index (χ3v) is 2.28. The fraction of sp³-hybridized carbons (Fsp3) is 0.889. The second kappa shape index (κ2) is 3.18. The molecule has 0 amide bonds. The number of hydrogen-bond donors (Lipinski definition) is 0. The Balaban J connectivity index is 2.18. The molecule has 1 rings (SSSR count). The standard InChI is InChI=1S/C9H16O/c1-3-9(10)7(2)6-8-4-5-8/h7-8H,3-6H2,1-2H3. The van der Waals surface area contributed by atoms with Crippen LogP contribution in [0, 0.1) is 11.8 Å². The lowest BCUT2D eigenvalue weighted by Gasteiger charge is -2.06. The first-order valence-electron chi connectivity index (χ1n) is 4.26. The van der Waals surface area contributed by atoms with E-state index in [1.165, 1.54) is 12.8 Å². The summed E-state index contributed by atoms with van der Waals surface area (Å²) in [5.41, 5.74) is 0. The molecule has 1 unspecified atom stereocenters. The van der Waals surface area contributed by atoms with Crippen molar-refractivity contribution in [3.8, 4) is 0 Å². The van der Waals surface area contributed by atoms with Crippen molar-refractivity contribution < 1.29 is 4.79 Å². The molecule has 0 N–H and O–H groups in total. The molecule has 0 bridgehead atoms. The van der Waals surface area contributed by atoms with Crippen LogP contribution < -0.4 is 0 Å². The summed E-state index contributed by atoms with van der Waals surface area (Å²) in [6, 6.07) is 0. The van der Waals surface area contributed by atoms with Crippen LogP contribution in [0.2, 0.25) is 0 Å². The third-order valence-electron chi connectivity index (χ3n) is 2.28. The highest BCUT2D eigenvalue weighted by Gasteiger charge is 2.25. The maximum atomic E-state index is 11.1. The van der Waals surface area contributed by atoms with Crippen molar-refractivity contribution in [1.82, 2.24) is 0 Å². The van der Waals surface area contributed by atoms with Crippen molar-refractivity contribution in [2.24, 2.45) is 11.8 Å². The Morgan fingerprint density at radius 1 is 1.60 bits per heavy atom. The third kappa shape index (κ3) is 2.13. The van der Waals surface area contributed by atoms with Gasteiger partial charge in [-0.05, 0) is 12.3 Å². The largest absolute Gasteiger partial charge is 0.299 e. The molecule has 0 saturated heterocycles. The summed E-state index contributed by atoms with van der Waals surface area (Å²) in [6.45, 7) is 4.01. The van der Waals surface area contributed by atoms with Gasteiger partial charge in [-0.15, -0.1) is 0 Å². The molecule has 0 aromatic heterocycles. The van der Waals surface area contributed by atoms with Gasteiger partial charge in [0.15, 0.2) is 0 Å². The van der Waals surface area contributed by atoms with Crippen LogP contribution in [0.15, 0.2) is 0 Å². The Bertz CT molecular complexity index is 125. The first-order valence-corrected chi connectivity index (χ1v) is 4.26. The molecule has 1 aliphatic rings. The molecule has 0 aromatic rings. The second-order valence-electron chi connectivity index (χ2n) is 3.40. The number of Topliss-reactive ketones (excluding diaryl/α,β-unsaturated/α-hetero) is 1. The quantitative estimate of drug-likeness (QED) is 0.586. The van der Waals surface area contributed by atoms with Crippen LogP contribution in [0.25, 0.3) is 0 Å². The molecule has 1 nitrogen and oxygen atoms in total. The number of carbonyl (C=O) groups is 1. The van der Waals surface area contributed by atoms with Gasteiger partial charge >= 0.3 is 0 Å². The van der Waals surface area contributed by atoms with Gasteiger partial charge in [0.1, 0.15) is 5.78 Å². The molecule has 0 aliphatic heterocycles. The Hall–Kier alpha value is -0.330. The first-order chi connectivity index (χ1) is 4.74. The van der Waals surface area contributed by atoms with E-state index < -0.39 is 0 Å². The fourth-order valence-corrected chi connectivity index (χ4v) is 1.33. The SMILES string of the molecule is CCC(=O)C(C)CC1CC1. The van der Waals surface area contributed by atoms with Crippen LogP contribution in [0.3, 0.4) is 0 Å². The van der Waals surface area contributed by atoms with Gasteiger partial charge in [0.05, 0.1) is 0 Å². The lowest BCUT2D eigenvalue weighted by Crippen LogP contribution is -2.09. The van der Waals surface area contributed by atoms with Crippen molar-refractivity contribution in [1.29, 1.82) is 0 Å². The second-order valence-corrected chi connectivity index (χ2v) is 3.40. The lowest BCUT2D eigenvalue weighted by molar-refractivity contribution is -0.122. The van der Waals surface area contributed by atoms with Gasteiger partial charge in [0.25, 0.3) is 0 Å². The molecule has 1 aliphatic carbocycles. The highest BCUT2D eigenvalue weighted by Crippen LogP contribution is 2.35. The number of ketones is 1. The highest BCUT2D eigenvalue weighted by molar-refractivity contribution is 5.80. The maximum Gasteiger partial charge on any atom is 0.135 e. The summed E-state index contributed by atoms with van der Waals surface area (Å²) >= 11 is 0. The predicted molar refractivity (Wildman–Crippen MR) is 41.8 cm³/mol. The maximum absolute atomic E-state index is 11.1. The number of hydrogen-bond acceptors (Lipinski definition) is 1. The number of carbonyl (C=O) groups excluding carboxylic acids is 1. The highest BCUT2D eigenvalue weighted by atomic mass is 16.1. The van der Waals surface area contributed by atoms with Crippen molar-refractivity contribution in [2.75, 3.05) is 0 Å². The molecular weight excluding hydrogens is 124 g/mol.